The summed E-state index contributed by atoms with van der Waals surface area (Å²) in [4.78, 5) is 22.2. The highest BCUT2D eigenvalue weighted by Crippen LogP contribution is 2.32. The average molecular weight is 503 g/mol. The fourth-order valence-corrected chi connectivity index (χ4v) is 5.25. The lowest BCUT2D eigenvalue weighted by molar-refractivity contribution is 0.0947. The fraction of sp³-hybridized carbons (Fsp3) is 0.286. The number of ether oxygens (including phenoxy) is 2. The minimum atomic E-state index is -0.0898. The van der Waals surface area contributed by atoms with Crippen molar-refractivity contribution in [1.82, 2.24) is 15.2 Å². The Morgan fingerprint density at radius 1 is 0.944 bits per heavy atom. The summed E-state index contributed by atoms with van der Waals surface area (Å²) in [6, 6.07) is 22.9. The van der Waals surface area contributed by atoms with Gasteiger partial charge in [-0.2, -0.15) is 0 Å². The van der Waals surface area contributed by atoms with Crippen molar-refractivity contribution >= 4 is 32.6 Å². The van der Waals surface area contributed by atoms with Gasteiger partial charge in [-0.15, -0.1) is 0 Å². The van der Waals surface area contributed by atoms with Gasteiger partial charge in [0.15, 0.2) is 5.13 Å². The highest BCUT2D eigenvalue weighted by Gasteiger charge is 2.20. The molecule has 0 spiro atoms. The quantitative estimate of drug-likeness (QED) is 0.346. The second kappa shape index (κ2) is 11.4. The third kappa shape index (κ3) is 5.95. The molecular weight excluding hydrogens is 472 g/mol. The van der Waals surface area contributed by atoms with Gasteiger partial charge in [-0.3, -0.25) is 9.69 Å². The van der Waals surface area contributed by atoms with Crippen LogP contribution in [0.3, 0.4) is 0 Å². The van der Waals surface area contributed by atoms with Crippen LogP contribution in [0.2, 0.25) is 0 Å². The van der Waals surface area contributed by atoms with Crippen LogP contribution in [0.15, 0.2) is 72.8 Å². The van der Waals surface area contributed by atoms with Gasteiger partial charge in [0.25, 0.3) is 5.91 Å². The summed E-state index contributed by atoms with van der Waals surface area (Å²) in [5.74, 6) is 2.19. The number of carbonyl (C=O) groups is 1. The summed E-state index contributed by atoms with van der Waals surface area (Å²) in [5, 5.41) is 4.10. The Labute approximate surface area is 215 Å². The van der Waals surface area contributed by atoms with Crippen LogP contribution in [-0.4, -0.2) is 61.7 Å². The van der Waals surface area contributed by atoms with E-state index in [0.717, 1.165) is 59.6 Å². The topological polar surface area (TPSA) is 66.9 Å². The van der Waals surface area contributed by atoms with Crippen LogP contribution >= 0.6 is 11.3 Å². The lowest BCUT2D eigenvalue weighted by atomic mass is 10.2. The van der Waals surface area contributed by atoms with Gasteiger partial charge in [0.2, 0.25) is 0 Å². The molecule has 1 aromatic heterocycles. The van der Waals surface area contributed by atoms with Crippen LogP contribution < -0.4 is 19.7 Å². The monoisotopic (exact) mass is 502 g/mol. The van der Waals surface area contributed by atoms with Crippen molar-refractivity contribution in [3.8, 4) is 17.2 Å². The number of amides is 1. The summed E-state index contributed by atoms with van der Waals surface area (Å²) < 4.78 is 12.6. The zero-order valence-electron chi connectivity index (χ0n) is 20.4. The largest absolute Gasteiger partial charge is 0.494 e. The summed E-state index contributed by atoms with van der Waals surface area (Å²) in [6.45, 7) is 7.80. The van der Waals surface area contributed by atoms with Crippen molar-refractivity contribution in [3.63, 3.8) is 0 Å². The van der Waals surface area contributed by atoms with Gasteiger partial charge in [-0.05, 0) is 55.5 Å². The van der Waals surface area contributed by atoms with E-state index in [1.807, 2.05) is 61.5 Å². The lowest BCUT2D eigenvalue weighted by Crippen LogP contribution is -2.48. The molecule has 1 amide bonds. The minimum absolute atomic E-state index is 0.0898. The smallest absolute Gasteiger partial charge is 0.251 e. The van der Waals surface area contributed by atoms with E-state index in [-0.39, 0.29) is 5.91 Å². The number of anilines is 1. The van der Waals surface area contributed by atoms with E-state index in [9.17, 15) is 4.79 Å². The molecule has 4 aromatic rings. The number of aromatic nitrogens is 1. The zero-order valence-corrected chi connectivity index (χ0v) is 21.2. The van der Waals surface area contributed by atoms with E-state index in [1.165, 1.54) is 0 Å². The molecular formula is C28H30N4O3S. The van der Waals surface area contributed by atoms with Crippen LogP contribution in [0.5, 0.6) is 17.2 Å². The third-order valence-corrected chi connectivity index (χ3v) is 7.17. The zero-order chi connectivity index (χ0) is 24.7. The van der Waals surface area contributed by atoms with Gasteiger partial charge in [-0.1, -0.05) is 35.6 Å². The molecule has 1 aliphatic rings. The van der Waals surface area contributed by atoms with Crippen molar-refractivity contribution in [3.05, 3.63) is 78.4 Å². The number of thiazole rings is 1. The summed E-state index contributed by atoms with van der Waals surface area (Å²) in [6.07, 6.45) is 0. The molecule has 0 aliphatic carbocycles. The van der Waals surface area contributed by atoms with Crippen LogP contribution in [0.1, 0.15) is 17.3 Å². The van der Waals surface area contributed by atoms with Crippen LogP contribution in [0.4, 0.5) is 5.13 Å². The standard InChI is InChI=1S/C28H30N4O3S/c1-2-34-23-11-12-25-26(20-23)36-28(30-25)32-17-15-31(16-18-32)14-13-29-27(33)21-7-6-10-24(19-21)35-22-8-4-3-5-9-22/h3-12,19-20H,2,13-18H2,1H3,(H,29,33). The molecule has 0 bridgehead atoms. The fourth-order valence-electron chi connectivity index (χ4n) is 4.20. The van der Waals surface area contributed by atoms with E-state index >= 15 is 0 Å². The minimum Gasteiger partial charge on any atom is -0.494 e. The first-order valence-electron chi connectivity index (χ1n) is 12.3. The summed E-state index contributed by atoms with van der Waals surface area (Å²) >= 11 is 1.71. The average Bonchev–Trinajstić information content (AvgIpc) is 3.33. The number of para-hydroxylation sites is 1. The predicted molar refractivity (Wildman–Crippen MR) is 145 cm³/mol. The maximum Gasteiger partial charge on any atom is 0.251 e. The van der Waals surface area contributed by atoms with Gasteiger partial charge in [0.1, 0.15) is 17.2 Å². The second-order valence-electron chi connectivity index (χ2n) is 8.59. The molecule has 0 atom stereocenters. The van der Waals surface area contributed by atoms with Crippen LogP contribution in [0.25, 0.3) is 10.2 Å². The summed E-state index contributed by atoms with van der Waals surface area (Å²) in [7, 11) is 0. The third-order valence-electron chi connectivity index (χ3n) is 6.09. The molecule has 0 unspecified atom stereocenters. The molecule has 1 fully saturated rings. The lowest BCUT2D eigenvalue weighted by Gasteiger charge is -2.34. The first kappa shape index (κ1) is 24.1. The number of hydrogen-bond donors (Lipinski definition) is 1. The number of hydrogen-bond acceptors (Lipinski definition) is 7. The van der Waals surface area contributed by atoms with E-state index in [2.05, 4.69) is 21.2 Å². The molecule has 0 saturated carbocycles. The Hall–Kier alpha value is -3.62. The molecule has 5 rings (SSSR count). The molecule has 186 valence electrons. The number of piperazine rings is 1. The van der Waals surface area contributed by atoms with Gasteiger partial charge in [0.05, 0.1) is 16.8 Å². The van der Waals surface area contributed by atoms with Gasteiger partial charge >= 0.3 is 0 Å². The number of rotatable bonds is 9. The van der Waals surface area contributed by atoms with Crippen molar-refractivity contribution < 1.29 is 14.3 Å². The molecule has 3 aromatic carbocycles. The molecule has 1 aliphatic heterocycles. The van der Waals surface area contributed by atoms with Gasteiger partial charge < -0.3 is 19.7 Å². The Morgan fingerprint density at radius 3 is 2.56 bits per heavy atom. The number of benzene rings is 3. The van der Waals surface area contributed by atoms with Crippen molar-refractivity contribution in [1.29, 1.82) is 0 Å². The molecule has 2 heterocycles. The molecule has 36 heavy (non-hydrogen) atoms. The molecule has 7 nitrogen and oxygen atoms in total. The Balaban J connectivity index is 1.08. The van der Waals surface area contributed by atoms with Crippen molar-refractivity contribution in [2.24, 2.45) is 0 Å². The molecule has 1 N–H and O–H groups in total. The van der Waals surface area contributed by atoms with Crippen LogP contribution in [-0.2, 0) is 0 Å². The second-order valence-corrected chi connectivity index (χ2v) is 9.60. The SMILES string of the molecule is CCOc1ccc2nc(N3CCN(CCNC(=O)c4cccc(Oc5ccccc5)c4)CC3)sc2c1. The first-order chi connectivity index (χ1) is 17.7. The molecule has 0 radical (unpaired) electrons. The highest BCUT2D eigenvalue weighted by atomic mass is 32.1. The van der Waals surface area contributed by atoms with Crippen LogP contribution in [0, 0.1) is 0 Å². The van der Waals surface area contributed by atoms with E-state index < -0.39 is 0 Å². The van der Waals surface area contributed by atoms with Crippen molar-refractivity contribution in [2.75, 3.05) is 50.8 Å². The van der Waals surface area contributed by atoms with E-state index in [4.69, 9.17) is 14.5 Å². The first-order valence-corrected chi connectivity index (χ1v) is 13.1. The number of carbonyl (C=O) groups excluding carboxylic acids is 1. The van der Waals surface area contributed by atoms with Gasteiger partial charge in [-0.25, -0.2) is 4.98 Å². The summed E-state index contributed by atoms with van der Waals surface area (Å²) in [5.41, 5.74) is 1.61. The number of fused-ring (bicyclic) bond motifs is 1. The Morgan fingerprint density at radius 2 is 1.75 bits per heavy atom. The maximum atomic E-state index is 12.7. The maximum absolute atomic E-state index is 12.7. The molecule has 8 heteroatoms. The highest BCUT2D eigenvalue weighted by molar-refractivity contribution is 7.22. The predicted octanol–water partition coefficient (Wildman–Crippen LogP) is 5.04. The normalized spacial score (nSPS) is 14.1. The van der Waals surface area contributed by atoms with E-state index in [0.29, 0.717) is 24.5 Å². The molecule has 1 saturated heterocycles. The van der Waals surface area contributed by atoms with E-state index in [1.54, 1.807) is 23.5 Å². The Bertz CT molecular complexity index is 1300. The van der Waals surface area contributed by atoms with Crippen molar-refractivity contribution in [2.45, 2.75) is 6.92 Å². The number of nitrogens with one attached hydrogen (secondary N) is 1. The number of nitrogens with zero attached hydrogens (tertiary/aromatic N) is 3. The Kier molecular flexibility index (Phi) is 7.64. The van der Waals surface area contributed by atoms with Gasteiger partial charge in [0, 0.05) is 44.8 Å².